The van der Waals surface area contributed by atoms with Gasteiger partial charge in [-0.1, -0.05) is 12.1 Å². The van der Waals surface area contributed by atoms with E-state index in [2.05, 4.69) is 30.5 Å². The van der Waals surface area contributed by atoms with Crippen molar-refractivity contribution in [1.82, 2.24) is 34.5 Å². The van der Waals surface area contributed by atoms with Gasteiger partial charge in [0.15, 0.2) is 0 Å². The number of anilines is 2. The minimum absolute atomic E-state index is 0.169. The standard InChI is InChI=1S/C22H18N8OS/c1-29-13-17(10-26-29)19-5-6-21(31)30(28-19)12-15-3-2-4-18(7-15)27-22-24-8-16(9-25-22)20-11-23-14-32-20/h2-11,13-14H,12H2,1H3,(H,24,25,27). The number of benzene rings is 1. The highest BCUT2D eigenvalue weighted by Gasteiger charge is 2.07. The molecule has 9 nitrogen and oxygen atoms in total. The Morgan fingerprint density at radius 1 is 1.03 bits per heavy atom. The van der Waals surface area contributed by atoms with Gasteiger partial charge in [-0.2, -0.15) is 10.2 Å². The van der Waals surface area contributed by atoms with E-state index < -0.39 is 0 Å². The van der Waals surface area contributed by atoms with E-state index in [4.69, 9.17) is 0 Å². The lowest BCUT2D eigenvalue weighted by atomic mass is 10.2. The van der Waals surface area contributed by atoms with Crippen molar-refractivity contribution < 1.29 is 0 Å². The maximum atomic E-state index is 12.4. The fourth-order valence-corrected chi connectivity index (χ4v) is 3.80. The first-order valence-electron chi connectivity index (χ1n) is 9.78. The van der Waals surface area contributed by atoms with Crippen molar-refractivity contribution in [2.75, 3.05) is 5.32 Å². The molecular weight excluding hydrogens is 424 g/mol. The Bertz CT molecular complexity index is 1410. The van der Waals surface area contributed by atoms with E-state index >= 15 is 0 Å². The molecule has 0 atom stereocenters. The van der Waals surface area contributed by atoms with Crippen LogP contribution in [0.25, 0.3) is 21.7 Å². The molecule has 4 aromatic heterocycles. The molecule has 1 N–H and O–H groups in total. The summed E-state index contributed by atoms with van der Waals surface area (Å²) in [5.74, 6) is 0.490. The summed E-state index contributed by atoms with van der Waals surface area (Å²) in [5.41, 5.74) is 5.83. The van der Waals surface area contributed by atoms with Gasteiger partial charge < -0.3 is 5.32 Å². The van der Waals surface area contributed by atoms with Crippen molar-refractivity contribution in [1.29, 1.82) is 0 Å². The average molecular weight is 443 g/mol. The third-order valence-corrected chi connectivity index (χ3v) is 5.57. The lowest BCUT2D eigenvalue weighted by Gasteiger charge is -2.09. The lowest BCUT2D eigenvalue weighted by Crippen LogP contribution is -2.22. The van der Waals surface area contributed by atoms with Crippen LogP contribution in [0, 0.1) is 0 Å². The summed E-state index contributed by atoms with van der Waals surface area (Å²) < 4.78 is 3.15. The third-order valence-electron chi connectivity index (χ3n) is 4.75. The van der Waals surface area contributed by atoms with Crippen LogP contribution in [-0.4, -0.2) is 34.5 Å². The van der Waals surface area contributed by atoms with E-state index in [1.165, 1.54) is 10.7 Å². The Hall–Kier alpha value is -4.18. The molecular formula is C22H18N8OS. The Labute approximate surface area is 187 Å². The molecule has 158 valence electrons. The van der Waals surface area contributed by atoms with Gasteiger partial charge in [0.05, 0.1) is 28.8 Å². The molecule has 0 aliphatic carbocycles. The third kappa shape index (κ3) is 4.30. The Balaban J connectivity index is 1.34. The topological polar surface area (TPSA) is 103 Å². The van der Waals surface area contributed by atoms with Crippen molar-refractivity contribution in [2.45, 2.75) is 6.54 Å². The van der Waals surface area contributed by atoms with Crippen LogP contribution in [0.5, 0.6) is 0 Å². The van der Waals surface area contributed by atoms with E-state index in [0.717, 1.165) is 27.3 Å². The van der Waals surface area contributed by atoms with Gasteiger partial charge in [-0.3, -0.25) is 14.5 Å². The molecule has 0 bridgehead atoms. The summed E-state index contributed by atoms with van der Waals surface area (Å²) in [4.78, 5) is 26.2. The van der Waals surface area contributed by atoms with Crippen molar-refractivity contribution in [3.8, 4) is 21.7 Å². The van der Waals surface area contributed by atoms with Gasteiger partial charge in [0.1, 0.15) is 0 Å². The predicted molar refractivity (Wildman–Crippen MR) is 123 cm³/mol. The minimum Gasteiger partial charge on any atom is -0.324 e. The number of nitrogens with one attached hydrogen (secondary N) is 1. The number of nitrogens with zero attached hydrogens (tertiary/aromatic N) is 7. The number of hydrogen-bond donors (Lipinski definition) is 1. The number of rotatable bonds is 6. The summed E-state index contributed by atoms with van der Waals surface area (Å²) in [7, 11) is 1.84. The van der Waals surface area contributed by atoms with Crippen molar-refractivity contribution in [2.24, 2.45) is 7.05 Å². The molecule has 0 saturated carbocycles. The lowest BCUT2D eigenvalue weighted by molar-refractivity contribution is 0.643. The fraction of sp³-hybridized carbons (Fsp3) is 0.0909. The van der Waals surface area contributed by atoms with Gasteiger partial charge in [-0.15, -0.1) is 11.3 Å². The predicted octanol–water partition coefficient (Wildman–Crippen LogP) is 3.35. The number of hydrogen-bond acceptors (Lipinski definition) is 8. The summed E-state index contributed by atoms with van der Waals surface area (Å²) in [5, 5.41) is 11.9. The summed E-state index contributed by atoms with van der Waals surface area (Å²) in [6.45, 7) is 0.341. The van der Waals surface area contributed by atoms with Crippen LogP contribution >= 0.6 is 11.3 Å². The molecule has 0 aliphatic rings. The number of thiazole rings is 1. The molecule has 10 heteroatoms. The largest absolute Gasteiger partial charge is 0.324 e. The summed E-state index contributed by atoms with van der Waals surface area (Å²) in [6, 6.07) is 11.0. The van der Waals surface area contributed by atoms with Crippen LogP contribution in [0.4, 0.5) is 11.6 Å². The molecule has 5 rings (SSSR count). The van der Waals surface area contributed by atoms with Gasteiger partial charge >= 0.3 is 0 Å². The zero-order chi connectivity index (χ0) is 21.9. The minimum atomic E-state index is -0.169. The van der Waals surface area contributed by atoms with E-state index in [1.807, 2.05) is 37.5 Å². The molecule has 0 radical (unpaired) electrons. The molecule has 4 heterocycles. The summed E-state index contributed by atoms with van der Waals surface area (Å²) >= 11 is 1.54. The first-order valence-corrected chi connectivity index (χ1v) is 10.7. The molecule has 0 aliphatic heterocycles. The van der Waals surface area contributed by atoms with Crippen LogP contribution in [0.2, 0.25) is 0 Å². The van der Waals surface area contributed by atoms with Gasteiger partial charge in [-0.25, -0.2) is 14.6 Å². The first-order chi connectivity index (χ1) is 15.6. The molecule has 1 aromatic carbocycles. The number of aryl methyl sites for hydroxylation is 1. The second kappa shape index (κ2) is 8.52. The Morgan fingerprint density at radius 2 is 1.91 bits per heavy atom. The first kappa shape index (κ1) is 19.8. The molecule has 0 amide bonds. The monoisotopic (exact) mass is 442 g/mol. The normalized spacial score (nSPS) is 10.9. The molecule has 0 saturated heterocycles. The Kier molecular flexibility index (Phi) is 5.26. The van der Waals surface area contributed by atoms with Gasteiger partial charge in [0.25, 0.3) is 5.56 Å². The highest BCUT2D eigenvalue weighted by molar-refractivity contribution is 7.13. The Morgan fingerprint density at radius 3 is 2.66 bits per heavy atom. The fourth-order valence-electron chi connectivity index (χ4n) is 3.20. The quantitative estimate of drug-likeness (QED) is 0.430. The molecule has 0 fully saturated rings. The zero-order valence-electron chi connectivity index (χ0n) is 17.1. The molecule has 0 spiro atoms. The number of aromatic nitrogens is 7. The van der Waals surface area contributed by atoms with Crippen LogP contribution in [0.15, 0.2) is 77.7 Å². The second-order valence-corrected chi connectivity index (χ2v) is 7.99. The van der Waals surface area contributed by atoms with E-state index in [-0.39, 0.29) is 5.56 Å². The smallest absolute Gasteiger partial charge is 0.267 e. The van der Waals surface area contributed by atoms with Crippen molar-refractivity contribution in [3.63, 3.8) is 0 Å². The highest BCUT2D eigenvalue weighted by atomic mass is 32.1. The molecule has 5 aromatic rings. The van der Waals surface area contributed by atoms with Crippen molar-refractivity contribution in [3.05, 3.63) is 88.8 Å². The zero-order valence-corrected chi connectivity index (χ0v) is 17.9. The molecule has 0 unspecified atom stereocenters. The van der Waals surface area contributed by atoms with Crippen molar-refractivity contribution >= 4 is 23.0 Å². The van der Waals surface area contributed by atoms with Gasteiger partial charge in [-0.05, 0) is 23.8 Å². The maximum absolute atomic E-state index is 12.4. The van der Waals surface area contributed by atoms with Gasteiger partial charge in [0, 0.05) is 54.7 Å². The van der Waals surface area contributed by atoms with Crippen LogP contribution in [-0.2, 0) is 13.6 Å². The van der Waals surface area contributed by atoms with Crippen LogP contribution in [0.1, 0.15) is 5.56 Å². The average Bonchev–Trinajstić information content (AvgIpc) is 3.48. The molecule has 32 heavy (non-hydrogen) atoms. The van der Waals surface area contributed by atoms with Gasteiger partial charge in [0.2, 0.25) is 5.95 Å². The summed E-state index contributed by atoms with van der Waals surface area (Å²) in [6.07, 6.45) is 8.91. The van der Waals surface area contributed by atoms with Crippen LogP contribution in [0.3, 0.4) is 0 Å². The second-order valence-electron chi connectivity index (χ2n) is 7.10. The maximum Gasteiger partial charge on any atom is 0.267 e. The van der Waals surface area contributed by atoms with E-state index in [0.29, 0.717) is 18.2 Å². The SMILES string of the molecule is Cn1cc(-c2ccc(=O)n(Cc3cccc(Nc4ncc(-c5cncs5)cn4)c3)n2)cn1. The van der Waals surface area contributed by atoms with E-state index in [1.54, 1.807) is 52.4 Å². The highest BCUT2D eigenvalue weighted by Crippen LogP contribution is 2.23. The van der Waals surface area contributed by atoms with Crippen LogP contribution < -0.4 is 10.9 Å². The van der Waals surface area contributed by atoms with E-state index in [9.17, 15) is 4.79 Å².